The second-order valence-corrected chi connectivity index (χ2v) is 7.08. The highest BCUT2D eigenvalue weighted by Crippen LogP contribution is 2.02. The van der Waals surface area contributed by atoms with Crippen molar-refractivity contribution in [2.24, 2.45) is 0 Å². The summed E-state index contributed by atoms with van der Waals surface area (Å²) in [6.07, 6.45) is -0.0497. The Morgan fingerprint density at radius 2 is 0.900 bits per heavy atom. The molecule has 0 heterocycles. The Kier molecular flexibility index (Phi) is 21.5. The standard InChI is InChI=1S/C20H44N2O8/c1-19(29-15-9-25)17-21(5-11-27-13-7-23)3-4-22(6-12-28-14-8-24)18-20(2)30-16-10-26/h19-20,23-26H,3-18H2,1-2H3. The van der Waals surface area contributed by atoms with Gasteiger partial charge in [0.15, 0.2) is 0 Å². The van der Waals surface area contributed by atoms with E-state index in [9.17, 15) is 0 Å². The van der Waals surface area contributed by atoms with Gasteiger partial charge in [0.1, 0.15) is 0 Å². The topological polar surface area (TPSA) is 124 Å². The van der Waals surface area contributed by atoms with Crippen molar-refractivity contribution in [2.75, 3.05) is 105 Å². The van der Waals surface area contributed by atoms with Crippen molar-refractivity contribution in [1.82, 2.24) is 9.80 Å². The minimum atomic E-state index is -0.0249. The van der Waals surface area contributed by atoms with Crippen LogP contribution in [-0.4, -0.2) is 148 Å². The quantitative estimate of drug-likeness (QED) is 0.138. The molecule has 0 aliphatic rings. The van der Waals surface area contributed by atoms with Gasteiger partial charge in [-0.05, 0) is 13.8 Å². The van der Waals surface area contributed by atoms with Crippen molar-refractivity contribution >= 4 is 0 Å². The molecule has 2 unspecified atom stereocenters. The maximum atomic E-state index is 8.95. The van der Waals surface area contributed by atoms with Crippen molar-refractivity contribution in [3.8, 4) is 0 Å². The summed E-state index contributed by atoms with van der Waals surface area (Å²) in [5.74, 6) is 0. The largest absolute Gasteiger partial charge is 0.394 e. The van der Waals surface area contributed by atoms with E-state index < -0.39 is 0 Å². The fourth-order valence-corrected chi connectivity index (χ4v) is 2.93. The highest BCUT2D eigenvalue weighted by molar-refractivity contribution is 4.69. The molecule has 2 atom stereocenters. The molecule has 0 bridgehead atoms. The molecule has 0 saturated carbocycles. The first-order valence-electron chi connectivity index (χ1n) is 10.8. The zero-order valence-corrected chi connectivity index (χ0v) is 18.8. The van der Waals surface area contributed by atoms with Gasteiger partial charge in [-0.1, -0.05) is 0 Å². The highest BCUT2D eigenvalue weighted by Gasteiger charge is 2.15. The number of aliphatic hydroxyl groups is 4. The van der Waals surface area contributed by atoms with Crippen LogP contribution in [0.1, 0.15) is 13.8 Å². The van der Waals surface area contributed by atoms with Gasteiger partial charge in [-0.25, -0.2) is 0 Å². The fourth-order valence-electron chi connectivity index (χ4n) is 2.93. The highest BCUT2D eigenvalue weighted by atomic mass is 16.5. The van der Waals surface area contributed by atoms with Crippen LogP contribution in [0.2, 0.25) is 0 Å². The minimum Gasteiger partial charge on any atom is -0.394 e. The van der Waals surface area contributed by atoms with E-state index in [0.717, 1.165) is 13.1 Å². The van der Waals surface area contributed by atoms with Crippen molar-refractivity contribution in [1.29, 1.82) is 0 Å². The summed E-state index contributed by atoms with van der Waals surface area (Å²) in [7, 11) is 0. The Labute approximate surface area is 181 Å². The molecule has 0 aromatic heterocycles. The Bertz CT molecular complexity index is 323. The van der Waals surface area contributed by atoms with Gasteiger partial charge >= 0.3 is 0 Å². The predicted octanol–water partition coefficient (Wildman–Crippen LogP) is -1.60. The van der Waals surface area contributed by atoms with Gasteiger partial charge in [0.25, 0.3) is 0 Å². The second kappa shape index (κ2) is 21.8. The minimum absolute atomic E-state index is 0.00268. The fraction of sp³-hybridized carbons (Fsp3) is 1.00. The summed E-state index contributed by atoms with van der Waals surface area (Å²) in [5.41, 5.74) is 0. The first-order valence-corrected chi connectivity index (χ1v) is 10.8. The zero-order valence-electron chi connectivity index (χ0n) is 18.8. The molecule has 10 heteroatoms. The van der Waals surface area contributed by atoms with E-state index in [0.29, 0.717) is 65.8 Å². The maximum absolute atomic E-state index is 8.95. The molecule has 0 fully saturated rings. The van der Waals surface area contributed by atoms with Crippen molar-refractivity contribution < 1.29 is 39.4 Å². The van der Waals surface area contributed by atoms with Crippen LogP contribution in [0.25, 0.3) is 0 Å². The van der Waals surface area contributed by atoms with Gasteiger partial charge in [0.2, 0.25) is 0 Å². The van der Waals surface area contributed by atoms with Crippen molar-refractivity contribution in [3.05, 3.63) is 0 Å². The van der Waals surface area contributed by atoms with Gasteiger partial charge in [0.05, 0.1) is 78.3 Å². The number of ether oxygens (including phenoxy) is 4. The number of aliphatic hydroxyl groups excluding tert-OH is 4. The molecule has 0 saturated heterocycles. The molecule has 10 nitrogen and oxygen atoms in total. The molecule has 30 heavy (non-hydrogen) atoms. The molecule has 0 radical (unpaired) electrons. The number of nitrogens with zero attached hydrogens (tertiary/aromatic N) is 2. The molecule has 0 aromatic rings. The Morgan fingerprint density at radius 3 is 1.23 bits per heavy atom. The van der Waals surface area contributed by atoms with Crippen LogP contribution in [0.15, 0.2) is 0 Å². The third kappa shape index (κ3) is 18.4. The smallest absolute Gasteiger partial charge is 0.0701 e. The average Bonchev–Trinajstić information content (AvgIpc) is 2.74. The van der Waals surface area contributed by atoms with Crippen LogP contribution in [-0.2, 0) is 18.9 Å². The van der Waals surface area contributed by atoms with Crippen LogP contribution in [0.4, 0.5) is 0 Å². The summed E-state index contributed by atoms with van der Waals surface area (Å²) in [6.45, 7) is 10.6. The van der Waals surface area contributed by atoms with E-state index in [1.807, 2.05) is 13.8 Å². The van der Waals surface area contributed by atoms with Crippen LogP contribution in [0.5, 0.6) is 0 Å². The zero-order chi connectivity index (χ0) is 22.5. The van der Waals surface area contributed by atoms with Crippen LogP contribution < -0.4 is 0 Å². The molecule has 0 amide bonds. The molecular weight excluding hydrogens is 396 g/mol. The summed E-state index contributed by atoms with van der Waals surface area (Å²) < 4.78 is 22.0. The van der Waals surface area contributed by atoms with Gasteiger partial charge in [0, 0.05) is 39.3 Å². The Hall–Kier alpha value is -0.400. The number of hydrogen-bond donors (Lipinski definition) is 4. The van der Waals surface area contributed by atoms with Crippen LogP contribution in [0.3, 0.4) is 0 Å². The predicted molar refractivity (Wildman–Crippen MR) is 114 cm³/mol. The molecule has 0 rings (SSSR count). The summed E-state index contributed by atoms with van der Waals surface area (Å²) in [4.78, 5) is 4.47. The van der Waals surface area contributed by atoms with Crippen molar-refractivity contribution in [2.45, 2.75) is 26.1 Å². The lowest BCUT2D eigenvalue weighted by Gasteiger charge is -2.30. The molecule has 182 valence electrons. The normalized spacial score (nSPS) is 14.0. The third-order valence-electron chi connectivity index (χ3n) is 4.33. The third-order valence-corrected chi connectivity index (χ3v) is 4.33. The monoisotopic (exact) mass is 440 g/mol. The van der Waals surface area contributed by atoms with Gasteiger partial charge < -0.3 is 39.4 Å². The van der Waals surface area contributed by atoms with Crippen LogP contribution in [0, 0.1) is 0 Å². The maximum Gasteiger partial charge on any atom is 0.0701 e. The number of rotatable bonds is 23. The SMILES string of the molecule is CC(CN(CCOCCO)CCN(CCOCCO)CC(C)OCCO)OCCO. The molecule has 0 aliphatic carbocycles. The molecule has 0 spiro atoms. The van der Waals surface area contributed by atoms with E-state index >= 15 is 0 Å². The summed E-state index contributed by atoms with van der Waals surface area (Å²) in [5, 5.41) is 35.6. The molecule has 0 aliphatic heterocycles. The average molecular weight is 441 g/mol. The summed E-state index contributed by atoms with van der Waals surface area (Å²) >= 11 is 0. The molecular formula is C20H44N2O8. The van der Waals surface area contributed by atoms with Gasteiger partial charge in [-0.2, -0.15) is 0 Å². The molecule has 0 aromatic carbocycles. The van der Waals surface area contributed by atoms with Gasteiger partial charge in [-0.15, -0.1) is 0 Å². The molecule has 4 N–H and O–H groups in total. The van der Waals surface area contributed by atoms with Crippen molar-refractivity contribution in [3.63, 3.8) is 0 Å². The lowest BCUT2D eigenvalue weighted by atomic mass is 10.3. The lowest BCUT2D eigenvalue weighted by Crippen LogP contribution is -2.43. The van der Waals surface area contributed by atoms with E-state index in [2.05, 4.69) is 9.80 Å². The first kappa shape index (κ1) is 29.6. The Balaban J connectivity index is 4.66. The number of hydrogen-bond acceptors (Lipinski definition) is 10. The summed E-state index contributed by atoms with van der Waals surface area (Å²) in [6, 6.07) is 0. The van der Waals surface area contributed by atoms with E-state index in [1.165, 1.54) is 0 Å². The van der Waals surface area contributed by atoms with E-state index in [4.69, 9.17) is 39.4 Å². The lowest BCUT2D eigenvalue weighted by molar-refractivity contribution is -0.00315. The second-order valence-electron chi connectivity index (χ2n) is 7.08. The van der Waals surface area contributed by atoms with E-state index in [-0.39, 0.29) is 38.6 Å². The van der Waals surface area contributed by atoms with E-state index in [1.54, 1.807) is 0 Å². The van der Waals surface area contributed by atoms with Crippen LogP contribution >= 0.6 is 0 Å². The Morgan fingerprint density at radius 1 is 0.533 bits per heavy atom. The van der Waals surface area contributed by atoms with Gasteiger partial charge in [-0.3, -0.25) is 9.80 Å². The first-order chi connectivity index (χ1) is 14.6.